The zero-order valence-electron chi connectivity index (χ0n) is 11.9. The first kappa shape index (κ1) is 14.4. The lowest BCUT2D eigenvalue weighted by Crippen LogP contribution is -2.04. The van der Waals surface area contributed by atoms with Gasteiger partial charge in [0.15, 0.2) is 0 Å². The van der Waals surface area contributed by atoms with Gasteiger partial charge in [-0.2, -0.15) is 0 Å². The van der Waals surface area contributed by atoms with E-state index < -0.39 is 5.97 Å². The molecule has 0 unspecified atom stereocenters. The second kappa shape index (κ2) is 5.54. The molecular formula is C15H17NO3S. The summed E-state index contributed by atoms with van der Waals surface area (Å²) in [6.07, 6.45) is 0. The van der Waals surface area contributed by atoms with Crippen LogP contribution in [0.25, 0.3) is 11.1 Å². The van der Waals surface area contributed by atoms with Crippen LogP contribution in [0.15, 0.2) is 18.2 Å². The first-order valence-electron chi connectivity index (χ1n) is 6.11. The van der Waals surface area contributed by atoms with Crippen molar-refractivity contribution in [3.8, 4) is 16.9 Å². The van der Waals surface area contributed by atoms with Crippen LogP contribution in [-0.2, 0) is 4.74 Å². The van der Waals surface area contributed by atoms with Gasteiger partial charge in [-0.05, 0) is 37.1 Å². The van der Waals surface area contributed by atoms with Crippen LogP contribution in [0.4, 0.5) is 5.00 Å². The van der Waals surface area contributed by atoms with Crippen molar-refractivity contribution in [1.29, 1.82) is 0 Å². The minimum atomic E-state index is -0.407. The number of ether oxygens (including phenoxy) is 2. The van der Waals surface area contributed by atoms with Crippen LogP contribution < -0.4 is 10.5 Å². The third-order valence-corrected chi connectivity index (χ3v) is 4.12. The number of carbonyl (C=O) groups excluding carboxylic acids is 1. The van der Waals surface area contributed by atoms with E-state index in [9.17, 15) is 4.79 Å². The van der Waals surface area contributed by atoms with Crippen molar-refractivity contribution in [2.45, 2.75) is 13.8 Å². The maximum absolute atomic E-state index is 11.9. The van der Waals surface area contributed by atoms with Gasteiger partial charge in [-0.1, -0.05) is 6.07 Å². The number of nitrogen functional groups attached to an aromatic ring is 1. The Bertz CT molecular complexity index is 661. The average Bonchev–Trinajstić information content (AvgIpc) is 2.72. The monoisotopic (exact) mass is 291 g/mol. The number of anilines is 1. The fourth-order valence-electron chi connectivity index (χ4n) is 2.25. The van der Waals surface area contributed by atoms with Gasteiger partial charge in [0.05, 0.1) is 14.2 Å². The Labute approximate surface area is 122 Å². The van der Waals surface area contributed by atoms with Crippen LogP contribution in [0.1, 0.15) is 20.8 Å². The molecule has 0 atom stereocenters. The molecule has 0 amide bonds. The first-order chi connectivity index (χ1) is 9.49. The Morgan fingerprint density at radius 1 is 1.25 bits per heavy atom. The molecule has 1 aromatic carbocycles. The second-order valence-corrected chi connectivity index (χ2v) is 5.70. The third-order valence-electron chi connectivity index (χ3n) is 3.18. The lowest BCUT2D eigenvalue weighted by Gasteiger charge is -2.09. The molecule has 0 fully saturated rings. The molecule has 0 bridgehead atoms. The van der Waals surface area contributed by atoms with Gasteiger partial charge >= 0.3 is 5.97 Å². The summed E-state index contributed by atoms with van der Waals surface area (Å²) in [5.74, 6) is 0.407. The van der Waals surface area contributed by atoms with Gasteiger partial charge in [-0.15, -0.1) is 11.3 Å². The van der Waals surface area contributed by atoms with Gasteiger partial charge in [-0.3, -0.25) is 0 Å². The van der Waals surface area contributed by atoms with E-state index in [1.54, 1.807) is 7.11 Å². The number of methoxy groups -OCH3 is 2. The molecule has 0 saturated carbocycles. The Morgan fingerprint density at radius 2 is 1.95 bits per heavy atom. The fourth-order valence-corrected chi connectivity index (χ4v) is 3.19. The SMILES string of the molecule is COC(=O)c1c(N)sc(C)c1-c1ccc(OC)c(C)c1. The summed E-state index contributed by atoms with van der Waals surface area (Å²) >= 11 is 1.40. The summed E-state index contributed by atoms with van der Waals surface area (Å²) in [6, 6.07) is 5.80. The topological polar surface area (TPSA) is 61.5 Å². The Balaban J connectivity index is 2.63. The third kappa shape index (κ3) is 2.36. The lowest BCUT2D eigenvalue weighted by atomic mass is 9.99. The number of rotatable bonds is 3. The van der Waals surface area contributed by atoms with Crippen molar-refractivity contribution in [2.24, 2.45) is 0 Å². The molecule has 2 N–H and O–H groups in total. The molecule has 4 nitrogen and oxygen atoms in total. The minimum Gasteiger partial charge on any atom is -0.496 e. The van der Waals surface area contributed by atoms with Gasteiger partial charge < -0.3 is 15.2 Å². The standard InChI is InChI=1S/C15H17NO3S/c1-8-7-10(5-6-11(8)18-3)12-9(2)20-14(16)13(12)15(17)19-4/h5-7H,16H2,1-4H3. The van der Waals surface area contributed by atoms with E-state index in [2.05, 4.69) is 0 Å². The fraction of sp³-hybridized carbons (Fsp3) is 0.267. The lowest BCUT2D eigenvalue weighted by molar-refractivity contribution is 0.0603. The van der Waals surface area contributed by atoms with Crippen LogP contribution in [0.5, 0.6) is 5.75 Å². The summed E-state index contributed by atoms with van der Waals surface area (Å²) in [5.41, 5.74) is 9.17. The molecule has 2 rings (SSSR count). The Hall–Kier alpha value is -2.01. The van der Waals surface area contributed by atoms with Crippen molar-refractivity contribution < 1.29 is 14.3 Å². The highest BCUT2D eigenvalue weighted by atomic mass is 32.1. The van der Waals surface area contributed by atoms with E-state index in [0.717, 1.165) is 27.3 Å². The smallest absolute Gasteiger partial charge is 0.341 e. The molecule has 0 aliphatic heterocycles. The predicted octanol–water partition coefficient (Wildman–Crippen LogP) is 3.41. The molecular weight excluding hydrogens is 274 g/mol. The van der Waals surface area contributed by atoms with Crippen LogP contribution in [0.3, 0.4) is 0 Å². The minimum absolute atomic E-state index is 0.407. The summed E-state index contributed by atoms with van der Waals surface area (Å²) in [6.45, 7) is 3.91. The largest absolute Gasteiger partial charge is 0.496 e. The van der Waals surface area contributed by atoms with E-state index in [4.69, 9.17) is 15.2 Å². The molecule has 0 aliphatic carbocycles. The normalized spacial score (nSPS) is 10.4. The summed E-state index contributed by atoms with van der Waals surface area (Å²) in [7, 11) is 2.99. The van der Waals surface area contributed by atoms with Crippen molar-refractivity contribution in [2.75, 3.05) is 20.0 Å². The molecule has 1 aromatic heterocycles. The summed E-state index contributed by atoms with van der Waals surface area (Å²) in [5, 5.41) is 0.484. The highest BCUT2D eigenvalue weighted by molar-refractivity contribution is 7.16. The molecule has 1 heterocycles. The first-order valence-corrected chi connectivity index (χ1v) is 6.93. The van der Waals surface area contributed by atoms with E-state index >= 15 is 0 Å². The zero-order valence-corrected chi connectivity index (χ0v) is 12.8. The molecule has 0 radical (unpaired) electrons. The predicted molar refractivity (Wildman–Crippen MR) is 81.5 cm³/mol. The summed E-state index contributed by atoms with van der Waals surface area (Å²) < 4.78 is 10.1. The average molecular weight is 291 g/mol. The Morgan fingerprint density at radius 3 is 2.50 bits per heavy atom. The van der Waals surface area contributed by atoms with E-state index in [-0.39, 0.29) is 0 Å². The quantitative estimate of drug-likeness (QED) is 0.880. The van der Waals surface area contributed by atoms with Crippen LogP contribution in [0.2, 0.25) is 0 Å². The van der Waals surface area contributed by atoms with Crippen LogP contribution >= 0.6 is 11.3 Å². The van der Waals surface area contributed by atoms with Crippen LogP contribution in [-0.4, -0.2) is 20.2 Å². The number of esters is 1. The van der Waals surface area contributed by atoms with Crippen LogP contribution in [0, 0.1) is 13.8 Å². The molecule has 0 saturated heterocycles. The van der Waals surface area contributed by atoms with Gasteiger partial charge in [0.1, 0.15) is 16.3 Å². The van der Waals surface area contributed by atoms with Gasteiger partial charge in [0.2, 0.25) is 0 Å². The van der Waals surface area contributed by atoms with Crippen molar-refractivity contribution in [3.05, 3.63) is 34.2 Å². The molecule has 20 heavy (non-hydrogen) atoms. The van der Waals surface area contributed by atoms with E-state index in [1.165, 1.54) is 18.4 Å². The number of aryl methyl sites for hydroxylation is 2. The second-order valence-electron chi connectivity index (χ2n) is 4.45. The summed E-state index contributed by atoms with van der Waals surface area (Å²) in [4.78, 5) is 12.9. The molecule has 0 aliphatic rings. The number of carbonyl (C=O) groups is 1. The van der Waals surface area contributed by atoms with Crippen molar-refractivity contribution in [1.82, 2.24) is 0 Å². The molecule has 106 valence electrons. The maximum Gasteiger partial charge on any atom is 0.341 e. The number of thiophene rings is 1. The highest BCUT2D eigenvalue weighted by Gasteiger charge is 2.22. The van der Waals surface area contributed by atoms with Gasteiger partial charge in [-0.25, -0.2) is 4.79 Å². The van der Waals surface area contributed by atoms with Gasteiger partial charge in [0, 0.05) is 10.4 Å². The number of nitrogens with two attached hydrogens (primary N) is 1. The van der Waals surface area contributed by atoms with Gasteiger partial charge in [0.25, 0.3) is 0 Å². The van der Waals surface area contributed by atoms with E-state index in [0.29, 0.717) is 10.6 Å². The molecule has 5 heteroatoms. The van der Waals surface area contributed by atoms with Crippen molar-refractivity contribution >= 4 is 22.3 Å². The number of hydrogen-bond acceptors (Lipinski definition) is 5. The van der Waals surface area contributed by atoms with E-state index in [1.807, 2.05) is 32.0 Å². The molecule has 2 aromatic rings. The highest BCUT2D eigenvalue weighted by Crippen LogP contribution is 2.39. The molecule has 0 spiro atoms. The maximum atomic E-state index is 11.9. The number of benzene rings is 1. The number of hydrogen-bond donors (Lipinski definition) is 1. The Kier molecular flexibility index (Phi) is 3.99. The van der Waals surface area contributed by atoms with Crippen molar-refractivity contribution in [3.63, 3.8) is 0 Å². The zero-order chi connectivity index (χ0) is 14.9.